The van der Waals surface area contributed by atoms with Crippen LogP contribution in [0.25, 0.3) is 11.0 Å². The molecule has 2 heterocycles. The van der Waals surface area contributed by atoms with E-state index in [-0.39, 0.29) is 22.9 Å². The van der Waals surface area contributed by atoms with Gasteiger partial charge >= 0.3 is 5.69 Å². The number of fused-ring (bicyclic) bond motifs is 1. The molecule has 0 unspecified atom stereocenters. The molecular weight excluding hydrogens is 286 g/mol. The standard InChI is InChI=1S/C14H13N5O3/c20-12-4-3-10(18-19-12)13(21)15-6-5-8-1-2-9-11(7-8)17-14(22)16-9/h1-4,7H,5-6H2,(H,15,21)(H,19,20)(H2,16,17,22). The summed E-state index contributed by atoms with van der Waals surface area (Å²) in [7, 11) is 0. The first kappa shape index (κ1) is 13.8. The molecule has 0 aliphatic rings. The zero-order chi connectivity index (χ0) is 15.5. The van der Waals surface area contributed by atoms with E-state index in [9.17, 15) is 14.4 Å². The van der Waals surface area contributed by atoms with Gasteiger partial charge in [0.05, 0.1) is 11.0 Å². The Kier molecular flexibility index (Phi) is 3.57. The second-order valence-electron chi connectivity index (χ2n) is 4.77. The number of nitrogens with zero attached hydrogens (tertiary/aromatic N) is 1. The molecule has 1 aromatic carbocycles. The second-order valence-corrected chi connectivity index (χ2v) is 4.77. The highest BCUT2D eigenvalue weighted by Gasteiger charge is 2.06. The van der Waals surface area contributed by atoms with E-state index < -0.39 is 0 Å². The van der Waals surface area contributed by atoms with Crippen LogP contribution in [0.5, 0.6) is 0 Å². The van der Waals surface area contributed by atoms with Crippen molar-refractivity contribution in [3.05, 3.63) is 62.4 Å². The van der Waals surface area contributed by atoms with E-state index in [4.69, 9.17) is 0 Å². The maximum Gasteiger partial charge on any atom is 0.323 e. The van der Waals surface area contributed by atoms with E-state index in [0.29, 0.717) is 13.0 Å². The third kappa shape index (κ3) is 2.95. The van der Waals surface area contributed by atoms with Crippen molar-refractivity contribution >= 4 is 16.9 Å². The molecule has 0 saturated heterocycles. The summed E-state index contributed by atoms with van der Waals surface area (Å²) in [5, 5.41) is 8.58. The minimum atomic E-state index is -0.356. The number of aromatic amines is 3. The SMILES string of the molecule is O=C(NCCc1ccc2[nH]c(=O)[nH]c2c1)c1ccc(=O)[nH]n1. The Morgan fingerprint density at radius 1 is 1.09 bits per heavy atom. The van der Waals surface area contributed by atoms with Crippen molar-refractivity contribution in [1.82, 2.24) is 25.5 Å². The van der Waals surface area contributed by atoms with Gasteiger partial charge in [0.2, 0.25) is 0 Å². The predicted octanol–water partition coefficient (Wildman–Crippen LogP) is -0.0880. The van der Waals surface area contributed by atoms with Gasteiger partial charge in [0, 0.05) is 12.6 Å². The van der Waals surface area contributed by atoms with Gasteiger partial charge in [-0.2, -0.15) is 5.10 Å². The average molecular weight is 299 g/mol. The Morgan fingerprint density at radius 3 is 2.68 bits per heavy atom. The van der Waals surface area contributed by atoms with Crippen LogP contribution in [0, 0.1) is 0 Å². The van der Waals surface area contributed by atoms with Crippen LogP contribution in [-0.4, -0.2) is 32.6 Å². The highest BCUT2D eigenvalue weighted by atomic mass is 16.2. The first-order valence-corrected chi connectivity index (χ1v) is 6.67. The number of aromatic nitrogens is 4. The molecule has 0 bridgehead atoms. The number of hydrogen-bond donors (Lipinski definition) is 4. The minimum Gasteiger partial charge on any atom is -0.350 e. The molecule has 8 heteroatoms. The lowest BCUT2D eigenvalue weighted by Crippen LogP contribution is -2.27. The van der Waals surface area contributed by atoms with Crippen LogP contribution in [0.3, 0.4) is 0 Å². The van der Waals surface area contributed by atoms with E-state index in [1.807, 2.05) is 18.2 Å². The van der Waals surface area contributed by atoms with Crippen molar-refractivity contribution in [3.8, 4) is 0 Å². The summed E-state index contributed by atoms with van der Waals surface area (Å²) in [4.78, 5) is 39.2. The quantitative estimate of drug-likeness (QED) is 0.537. The molecular formula is C14H13N5O3. The van der Waals surface area contributed by atoms with Crippen LogP contribution in [-0.2, 0) is 6.42 Å². The lowest BCUT2D eigenvalue weighted by atomic mass is 10.1. The summed E-state index contributed by atoms with van der Waals surface area (Å²) in [6.07, 6.45) is 0.609. The third-order valence-electron chi connectivity index (χ3n) is 3.19. The largest absolute Gasteiger partial charge is 0.350 e. The summed E-state index contributed by atoms with van der Waals surface area (Å²) >= 11 is 0. The number of H-pyrrole nitrogens is 3. The summed E-state index contributed by atoms with van der Waals surface area (Å²) in [5.41, 5.74) is 2.02. The van der Waals surface area contributed by atoms with Crippen molar-refractivity contribution in [1.29, 1.82) is 0 Å². The van der Waals surface area contributed by atoms with Crippen LogP contribution in [0.15, 0.2) is 39.9 Å². The Bertz CT molecular complexity index is 917. The molecule has 3 rings (SSSR count). The zero-order valence-electron chi connectivity index (χ0n) is 11.5. The Hall–Kier alpha value is -3.16. The molecule has 22 heavy (non-hydrogen) atoms. The van der Waals surface area contributed by atoms with Crippen LogP contribution < -0.4 is 16.6 Å². The molecule has 0 saturated carbocycles. The zero-order valence-corrected chi connectivity index (χ0v) is 11.5. The van der Waals surface area contributed by atoms with E-state index in [0.717, 1.165) is 16.6 Å². The molecule has 0 radical (unpaired) electrons. The van der Waals surface area contributed by atoms with Crippen molar-refractivity contribution in [3.63, 3.8) is 0 Å². The molecule has 0 atom stereocenters. The number of carbonyl (C=O) groups excluding carboxylic acids is 1. The fourth-order valence-electron chi connectivity index (χ4n) is 2.12. The van der Waals surface area contributed by atoms with Crippen molar-refractivity contribution in [2.45, 2.75) is 6.42 Å². The fraction of sp³-hybridized carbons (Fsp3) is 0.143. The number of rotatable bonds is 4. The molecule has 1 amide bonds. The summed E-state index contributed by atoms with van der Waals surface area (Å²) < 4.78 is 0. The lowest BCUT2D eigenvalue weighted by Gasteiger charge is -2.04. The molecule has 112 valence electrons. The summed E-state index contributed by atoms with van der Waals surface area (Å²) in [6.45, 7) is 0.416. The van der Waals surface area contributed by atoms with Gasteiger partial charge in [0.1, 0.15) is 5.69 Å². The molecule has 0 aliphatic heterocycles. The Balaban J connectivity index is 1.61. The second kappa shape index (κ2) is 5.68. The van der Waals surface area contributed by atoms with Crippen molar-refractivity contribution < 1.29 is 4.79 Å². The fourth-order valence-corrected chi connectivity index (χ4v) is 2.12. The number of benzene rings is 1. The number of nitrogens with one attached hydrogen (secondary N) is 4. The van der Waals surface area contributed by atoms with Crippen LogP contribution in [0.4, 0.5) is 0 Å². The van der Waals surface area contributed by atoms with Gasteiger partial charge in [0.15, 0.2) is 0 Å². The third-order valence-corrected chi connectivity index (χ3v) is 3.19. The van der Waals surface area contributed by atoms with Crippen LogP contribution >= 0.6 is 0 Å². The van der Waals surface area contributed by atoms with Gasteiger partial charge in [-0.05, 0) is 30.2 Å². The molecule has 4 N–H and O–H groups in total. The van der Waals surface area contributed by atoms with Crippen molar-refractivity contribution in [2.75, 3.05) is 6.54 Å². The topological polar surface area (TPSA) is 123 Å². The molecule has 8 nitrogen and oxygen atoms in total. The lowest BCUT2D eigenvalue weighted by molar-refractivity contribution is 0.0948. The molecule has 0 spiro atoms. The van der Waals surface area contributed by atoms with Crippen molar-refractivity contribution in [2.24, 2.45) is 0 Å². The van der Waals surface area contributed by atoms with E-state index in [1.165, 1.54) is 12.1 Å². The van der Waals surface area contributed by atoms with E-state index in [2.05, 4.69) is 25.5 Å². The summed E-state index contributed by atoms with van der Waals surface area (Å²) in [5.74, 6) is -0.354. The number of amides is 1. The maximum atomic E-state index is 11.8. The summed E-state index contributed by atoms with van der Waals surface area (Å²) in [6, 6.07) is 8.17. The van der Waals surface area contributed by atoms with Gasteiger partial charge in [-0.15, -0.1) is 0 Å². The molecule has 0 aliphatic carbocycles. The van der Waals surface area contributed by atoms with Gasteiger partial charge in [-0.25, -0.2) is 9.89 Å². The normalized spacial score (nSPS) is 10.7. The monoisotopic (exact) mass is 299 g/mol. The van der Waals surface area contributed by atoms with Gasteiger partial charge in [-0.3, -0.25) is 9.59 Å². The highest BCUT2D eigenvalue weighted by molar-refractivity contribution is 5.91. The molecule has 2 aromatic heterocycles. The first-order chi connectivity index (χ1) is 10.6. The molecule has 0 fully saturated rings. The minimum absolute atomic E-state index is 0.157. The van der Waals surface area contributed by atoms with Gasteiger partial charge < -0.3 is 15.3 Å². The Morgan fingerprint density at radius 2 is 1.91 bits per heavy atom. The van der Waals surface area contributed by atoms with E-state index in [1.54, 1.807) is 0 Å². The van der Waals surface area contributed by atoms with Crippen LogP contribution in [0.2, 0.25) is 0 Å². The van der Waals surface area contributed by atoms with E-state index >= 15 is 0 Å². The van der Waals surface area contributed by atoms with Crippen LogP contribution in [0.1, 0.15) is 16.1 Å². The van der Waals surface area contributed by atoms with Gasteiger partial charge in [-0.1, -0.05) is 6.07 Å². The smallest absolute Gasteiger partial charge is 0.323 e. The Labute approximate surface area is 123 Å². The first-order valence-electron chi connectivity index (χ1n) is 6.67. The maximum absolute atomic E-state index is 11.8. The predicted molar refractivity (Wildman–Crippen MR) is 79.8 cm³/mol. The molecule has 3 aromatic rings. The number of hydrogen-bond acceptors (Lipinski definition) is 4. The van der Waals surface area contributed by atoms with Gasteiger partial charge in [0.25, 0.3) is 11.5 Å². The number of imidazole rings is 1. The highest BCUT2D eigenvalue weighted by Crippen LogP contribution is 2.10. The average Bonchev–Trinajstić information content (AvgIpc) is 2.87. The number of carbonyl (C=O) groups is 1.